The van der Waals surface area contributed by atoms with Gasteiger partial charge in [-0.2, -0.15) is 0 Å². The van der Waals surface area contributed by atoms with Gasteiger partial charge in [-0.15, -0.1) is 0 Å². The van der Waals surface area contributed by atoms with Crippen molar-refractivity contribution in [2.75, 3.05) is 13.2 Å². The Morgan fingerprint density at radius 1 is 0.969 bits per heavy atom. The fourth-order valence-electron chi connectivity index (χ4n) is 3.78. The zero-order valence-corrected chi connectivity index (χ0v) is 18.5. The molecule has 0 unspecified atom stereocenters. The summed E-state index contributed by atoms with van der Waals surface area (Å²) in [7, 11) is 0. The van der Waals surface area contributed by atoms with Crippen molar-refractivity contribution in [3.05, 3.63) is 95.8 Å². The number of rotatable bonds is 10. The van der Waals surface area contributed by atoms with Crippen LogP contribution in [0.15, 0.2) is 78.9 Å². The largest absolute Gasteiger partial charge is 0.494 e. The molecule has 1 N–H and O–H groups in total. The molecule has 164 valence electrons. The van der Waals surface area contributed by atoms with Gasteiger partial charge in [0.1, 0.15) is 11.6 Å². The van der Waals surface area contributed by atoms with E-state index in [9.17, 15) is 4.79 Å². The third-order valence-corrected chi connectivity index (χ3v) is 5.53. The molecule has 0 spiro atoms. The number of hydrogen-bond donors (Lipinski definition) is 1. The topological polar surface area (TPSA) is 56.1 Å². The molecule has 1 amide bonds. The van der Waals surface area contributed by atoms with E-state index in [-0.39, 0.29) is 5.91 Å². The fourth-order valence-corrected chi connectivity index (χ4v) is 3.78. The number of carbonyl (C=O) groups excluding carboxylic acids is 1. The lowest BCUT2D eigenvalue weighted by Gasteiger charge is -2.11. The van der Waals surface area contributed by atoms with Gasteiger partial charge >= 0.3 is 0 Å². The highest BCUT2D eigenvalue weighted by atomic mass is 16.5. The first kappa shape index (κ1) is 21.6. The molecule has 5 heteroatoms. The van der Waals surface area contributed by atoms with Gasteiger partial charge in [-0.3, -0.25) is 4.79 Å². The first-order chi connectivity index (χ1) is 15.7. The first-order valence-corrected chi connectivity index (χ1v) is 11.2. The van der Waals surface area contributed by atoms with Crippen molar-refractivity contribution < 1.29 is 9.53 Å². The Morgan fingerprint density at radius 2 is 1.72 bits per heavy atom. The minimum atomic E-state index is -0.0595. The summed E-state index contributed by atoms with van der Waals surface area (Å²) in [6.07, 6.45) is 2.58. The molecular formula is C27H29N3O2. The van der Waals surface area contributed by atoms with Gasteiger partial charge in [-0.05, 0) is 54.8 Å². The molecule has 0 atom stereocenters. The molecule has 0 aliphatic carbocycles. The van der Waals surface area contributed by atoms with Crippen LogP contribution < -0.4 is 10.1 Å². The number of fused-ring (bicyclic) bond motifs is 1. The van der Waals surface area contributed by atoms with Crippen molar-refractivity contribution in [3.8, 4) is 5.75 Å². The van der Waals surface area contributed by atoms with Gasteiger partial charge < -0.3 is 14.6 Å². The van der Waals surface area contributed by atoms with Crippen molar-refractivity contribution >= 4 is 16.9 Å². The van der Waals surface area contributed by atoms with E-state index in [1.54, 1.807) is 0 Å². The van der Waals surface area contributed by atoms with Crippen LogP contribution in [-0.2, 0) is 19.4 Å². The second-order valence-electron chi connectivity index (χ2n) is 7.74. The smallest absolute Gasteiger partial charge is 0.251 e. The number of carbonyl (C=O) groups is 1. The summed E-state index contributed by atoms with van der Waals surface area (Å²) in [6.45, 7) is 4.14. The molecule has 0 fully saturated rings. The third-order valence-electron chi connectivity index (χ3n) is 5.53. The average Bonchev–Trinajstić information content (AvgIpc) is 3.20. The number of para-hydroxylation sites is 2. The van der Waals surface area contributed by atoms with Crippen LogP contribution >= 0.6 is 0 Å². The van der Waals surface area contributed by atoms with Crippen molar-refractivity contribution in [2.24, 2.45) is 0 Å². The van der Waals surface area contributed by atoms with Crippen LogP contribution in [0.1, 0.15) is 35.1 Å². The number of aromatic nitrogens is 2. The molecule has 32 heavy (non-hydrogen) atoms. The Hall–Kier alpha value is -3.60. The summed E-state index contributed by atoms with van der Waals surface area (Å²) in [4.78, 5) is 17.1. The maximum absolute atomic E-state index is 12.3. The average molecular weight is 428 g/mol. The molecule has 4 aromatic rings. The number of nitrogens with one attached hydrogen (secondary N) is 1. The molecule has 4 rings (SSSR count). The van der Waals surface area contributed by atoms with Gasteiger partial charge in [0.2, 0.25) is 0 Å². The second kappa shape index (κ2) is 10.6. The number of imidazole rings is 1. The van der Waals surface area contributed by atoms with Crippen molar-refractivity contribution in [2.45, 2.75) is 32.7 Å². The third kappa shape index (κ3) is 5.35. The van der Waals surface area contributed by atoms with Gasteiger partial charge in [0.15, 0.2) is 0 Å². The summed E-state index contributed by atoms with van der Waals surface area (Å²) in [5.41, 5.74) is 4.08. The second-order valence-corrected chi connectivity index (χ2v) is 7.74. The van der Waals surface area contributed by atoms with Crippen LogP contribution in [0.2, 0.25) is 0 Å². The SMILES string of the molecule is CCc1ccc(OCCCn2c(CCNC(=O)c3ccccc3)nc3ccccc32)cc1. The summed E-state index contributed by atoms with van der Waals surface area (Å²) < 4.78 is 8.17. The maximum Gasteiger partial charge on any atom is 0.251 e. The van der Waals surface area contributed by atoms with Crippen LogP contribution in [0, 0.1) is 0 Å². The minimum Gasteiger partial charge on any atom is -0.494 e. The molecule has 0 aliphatic rings. The molecule has 0 bridgehead atoms. The summed E-state index contributed by atoms with van der Waals surface area (Å²) >= 11 is 0. The highest BCUT2D eigenvalue weighted by molar-refractivity contribution is 5.94. The van der Waals surface area contributed by atoms with E-state index in [4.69, 9.17) is 9.72 Å². The number of aryl methyl sites for hydroxylation is 2. The number of hydrogen-bond acceptors (Lipinski definition) is 3. The lowest BCUT2D eigenvalue weighted by Crippen LogP contribution is -2.26. The van der Waals surface area contributed by atoms with Crippen LogP contribution in [0.3, 0.4) is 0 Å². The minimum absolute atomic E-state index is 0.0595. The molecular weight excluding hydrogens is 398 g/mol. The number of nitrogens with zero attached hydrogens (tertiary/aromatic N) is 2. The predicted molar refractivity (Wildman–Crippen MR) is 128 cm³/mol. The number of benzene rings is 3. The number of amides is 1. The summed E-state index contributed by atoms with van der Waals surface area (Å²) in [5, 5.41) is 3.00. The first-order valence-electron chi connectivity index (χ1n) is 11.2. The molecule has 0 saturated carbocycles. The number of ether oxygens (including phenoxy) is 1. The Kier molecular flexibility index (Phi) is 7.18. The molecule has 0 aliphatic heterocycles. The lowest BCUT2D eigenvalue weighted by atomic mass is 10.2. The van der Waals surface area contributed by atoms with Crippen LogP contribution in [0.4, 0.5) is 0 Å². The van der Waals surface area contributed by atoms with E-state index in [0.29, 0.717) is 25.1 Å². The molecule has 5 nitrogen and oxygen atoms in total. The van der Waals surface area contributed by atoms with Gasteiger partial charge in [0.05, 0.1) is 17.6 Å². The van der Waals surface area contributed by atoms with Gasteiger partial charge in [-0.25, -0.2) is 4.98 Å². The van der Waals surface area contributed by atoms with Crippen LogP contribution in [0.25, 0.3) is 11.0 Å². The van der Waals surface area contributed by atoms with Crippen molar-refractivity contribution in [1.29, 1.82) is 0 Å². The van der Waals surface area contributed by atoms with Gasteiger partial charge in [0, 0.05) is 25.1 Å². The van der Waals surface area contributed by atoms with E-state index in [0.717, 1.165) is 42.0 Å². The van der Waals surface area contributed by atoms with E-state index in [2.05, 4.69) is 35.0 Å². The molecule has 1 heterocycles. The summed E-state index contributed by atoms with van der Waals surface area (Å²) in [5.74, 6) is 1.82. The quantitative estimate of drug-likeness (QED) is 0.361. The van der Waals surface area contributed by atoms with Crippen LogP contribution in [-0.4, -0.2) is 28.6 Å². The normalized spacial score (nSPS) is 10.9. The summed E-state index contributed by atoms with van der Waals surface area (Å²) in [6, 6.07) is 25.7. The maximum atomic E-state index is 12.3. The molecule has 0 saturated heterocycles. The highest BCUT2D eigenvalue weighted by Gasteiger charge is 2.11. The van der Waals surface area contributed by atoms with E-state index < -0.39 is 0 Å². The Morgan fingerprint density at radius 3 is 2.50 bits per heavy atom. The van der Waals surface area contributed by atoms with Crippen molar-refractivity contribution in [1.82, 2.24) is 14.9 Å². The zero-order valence-electron chi connectivity index (χ0n) is 18.5. The van der Waals surface area contributed by atoms with E-state index in [1.165, 1.54) is 5.56 Å². The van der Waals surface area contributed by atoms with E-state index >= 15 is 0 Å². The standard InChI is InChI=1S/C27H29N3O2/c1-2-21-13-15-23(16-14-21)32-20-8-19-30-25-12-7-6-11-24(25)29-26(30)17-18-28-27(31)22-9-4-3-5-10-22/h3-7,9-16H,2,8,17-20H2,1H3,(H,28,31). The monoisotopic (exact) mass is 427 g/mol. The van der Waals surface area contributed by atoms with Crippen LogP contribution in [0.5, 0.6) is 5.75 Å². The highest BCUT2D eigenvalue weighted by Crippen LogP contribution is 2.18. The van der Waals surface area contributed by atoms with Crippen molar-refractivity contribution in [3.63, 3.8) is 0 Å². The molecule has 0 radical (unpaired) electrons. The Labute approximate surface area is 189 Å². The van der Waals surface area contributed by atoms with Gasteiger partial charge in [0.25, 0.3) is 5.91 Å². The van der Waals surface area contributed by atoms with Gasteiger partial charge in [-0.1, -0.05) is 49.4 Å². The fraction of sp³-hybridized carbons (Fsp3) is 0.259. The van der Waals surface area contributed by atoms with E-state index in [1.807, 2.05) is 60.7 Å². The predicted octanol–water partition coefficient (Wildman–Crippen LogP) is 5.04. The lowest BCUT2D eigenvalue weighted by molar-refractivity contribution is 0.0954. The zero-order chi connectivity index (χ0) is 22.2. The molecule has 3 aromatic carbocycles. The molecule has 1 aromatic heterocycles. The Balaban J connectivity index is 1.36. The Bertz CT molecular complexity index is 1150.